The molecule has 0 amide bonds. The van der Waals surface area contributed by atoms with Gasteiger partial charge in [-0.1, -0.05) is 6.92 Å². The highest BCUT2D eigenvalue weighted by Crippen LogP contribution is 2.34. The Morgan fingerprint density at radius 1 is 0.875 bits per heavy atom. The van der Waals surface area contributed by atoms with Crippen molar-refractivity contribution in [1.82, 2.24) is 0 Å². The molecule has 0 aliphatic carbocycles. The standard InChI is InChI=1S/C11H21FN.3H2O/c1-10-6-5-9-13(11(10)12)7-3-2-4-8-13;;;/h10-11H,2-9H2,1H3;3*1H2/q+1;;;. The molecular formula is C11H27FNO3+. The Labute approximate surface area is 97.0 Å². The highest BCUT2D eigenvalue weighted by molar-refractivity contribution is 4.68. The molecule has 1 spiro atoms. The fourth-order valence-corrected chi connectivity index (χ4v) is 3.14. The van der Waals surface area contributed by atoms with Crippen LogP contribution in [0.5, 0.6) is 0 Å². The molecule has 0 saturated carbocycles. The lowest BCUT2D eigenvalue weighted by molar-refractivity contribution is -0.977. The maximum atomic E-state index is 14.1. The monoisotopic (exact) mass is 240 g/mol. The molecule has 2 saturated heterocycles. The van der Waals surface area contributed by atoms with Crippen molar-refractivity contribution in [3.05, 3.63) is 0 Å². The third-order valence-corrected chi connectivity index (χ3v) is 3.96. The first-order valence-corrected chi connectivity index (χ1v) is 5.74. The predicted octanol–water partition coefficient (Wildman–Crippen LogP) is 0.238. The van der Waals surface area contributed by atoms with Crippen LogP contribution in [0.2, 0.25) is 0 Å². The van der Waals surface area contributed by atoms with Crippen LogP contribution in [0.3, 0.4) is 0 Å². The fourth-order valence-electron chi connectivity index (χ4n) is 3.14. The molecule has 100 valence electrons. The van der Waals surface area contributed by atoms with Gasteiger partial charge in [0.1, 0.15) is 0 Å². The maximum absolute atomic E-state index is 14.1. The van der Waals surface area contributed by atoms with Gasteiger partial charge in [0.15, 0.2) is 0 Å². The van der Waals surface area contributed by atoms with Gasteiger partial charge in [0, 0.05) is 5.92 Å². The van der Waals surface area contributed by atoms with E-state index in [0.717, 1.165) is 30.5 Å². The van der Waals surface area contributed by atoms with Gasteiger partial charge in [0.2, 0.25) is 6.30 Å². The Morgan fingerprint density at radius 3 is 1.94 bits per heavy atom. The molecule has 5 heteroatoms. The van der Waals surface area contributed by atoms with Gasteiger partial charge in [-0.05, 0) is 32.1 Å². The Morgan fingerprint density at radius 2 is 1.38 bits per heavy atom. The van der Waals surface area contributed by atoms with Gasteiger partial charge in [-0.15, -0.1) is 0 Å². The van der Waals surface area contributed by atoms with E-state index in [9.17, 15) is 4.39 Å². The van der Waals surface area contributed by atoms with Crippen LogP contribution in [-0.2, 0) is 0 Å². The molecule has 0 bridgehead atoms. The SMILES string of the molecule is CC1CCC[N+]2(CCCCC2)C1F.O.O.O. The molecule has 0 aromatic heterocycles. The first-order valence-electron chi connectivity index (χ1n) is 5.74. The normalized spacial score (nSPS) is 31.9. The van der Waals surface area contributed by atoms with Gasteiger partial charge in [-0.3, -0.25) is 4.48 Å². The van der Waals surface area contributed by atoms with Gasteiger partial charge < -0.3 is 16.4 Å². The Kier molecular flexibility index (Phi) is 8.13. The fraction of sp³-hybridized carbons (Fsp3) is 1.00. The van der Waals surface area contributed by atoms with Crippen molar-refractivity contribution in [3.8, 4) is 0 Å². The maximum Gasteiger partial charge on any atom is 0.234 e. The predicted molar refractivity (Wildman–Crippen MR) is 62.8 cm³/mol. The molecule has 2 atom stereocenters. The van der Waals surface area contributed by atoms with E-state index in [-0.39, 0.29) is 16.4 Å². The van der Waals surface area contributed by atoms with Crippen molar-refractivity contribution >= 4 is 0 Å². The number of quaternary nitrogens is 1. The average Bonchev–Trinajstić information content (AvgIpc) is 2.16. The minimum Gasteiger partial charge on any atom is -0.412 e. The van der Waals surface area contributed by atoms with Crippen molar-refractivity contribution in [3.63, 3.8) is 0 Å². The van der Waals surface area contributed by atoms with Gasteiger partial charge in [-0.2, -0.15) is 4.39 Å². The minimum absolute atomic E-state index is 0. The first-order chi connectivity index (χ1) is 6.25. The molecule has 6 N–H and O–H groups in total. The van der Waals surface area contributed by atoms with Crippen molar-refractivity contribution < 1.29 is 25.3 Å². The molecule has 2 fully saturated rings. The van der Waals surface area contributed by atoms with E-state index in [2.05, 4.69) is 6.92 Å². The summed E-state index contributed by atoms with van der Waals surface area (Å²) in [6.45, 7) is 5.39. The van der Waals surface area contributed by atoms with Crippen molar-refractivity contribution in [1.29, 1.82) is 0 Å². The lowest BCUT2D eigenvalue weighted by Crippen LogP contribution is -2.61. The van der Waals surface area contributed by atoms with Gasteiger partial charge in [-0.25, -0.2) is 0 Å². The number of nitrogens with zero attached hydrogens (tertiary/aromatic N) is 1. The van der Waals surface area contributed by atoms with E-state index in [4.69, 9.17) is 0 Å². The molecule has 0 radical (unpaired) electrons. The van der Waals surface area contributed by atoms with Gasteiger partial charge in [0.05, 0.1) is 19.6 Å². The molecule has 4 nitrogen and oxygen atoms in total. The summed E-state index contributed by atoms with van der Waals surface area (Å²) in [5.41, 5.74) is 0. The Balaban J connectivity index is 0. The van der Waals surface area contributed by atoms with Crippen molar-refractivity contribution in [2.75, 3.05) is 19.6 Å². The largest absolute Gasteiger partial charge is 0.412 e. The van der Waals surface area contributed by atoms with Crippen LogP contribution in [0, 0.1) is 5.92 Å². The van der Waals surface area contributed by atoms with Crippen LogP contribution < -0.4 is 0 Å². The summed E-state index contributed by atoms with van der Waals surface area (Å²) in [5.74, 6) is 0.298. The second-order valence-corrected chi connectivity index (χ2v) is 4.94. The van der Waals surface area contributed by atoms with Gasteiger partial charge in [0.25, 0.3) is 0 Å². The molecule has 2 aliphatic rings. The summed E-state index contributed by atoms with van der Waals surface area (Å²) >= 11 is 0. The summed E-state index contributed by atoms with van der Waals surface area (Å²) < 4.78 is 14.9. The van der Waals surface area contributed by atoms with Crippen molar-refractivity contribution in [2.24, 2.45) is 5.92 Å². The highest BCUT2D eigenvalue weighted by Gasteiger charge is 2.43. The van der Waals surface area contributed by atoms with E-state index in [1.165, 1.54) is 25.7 Å². The van der Waals surface area contributed by atoms with E-state index >= 15 is 0 Å². The zero-order valence-electron chi connectivity index (χ0n) is 10.1. The van der Waals surface area contributed by atoms with Crippen molar-refractivity contribution in [2.45, 2.75) is 45.3 Å². The third kappa shape index (κ3) is 3.13. The third-order valence-electron chi connectivity index (χ3n) is 3.96. The second-order valence-electron chi connectivity index (χ2n) is 4.94. The lowest BCUT2D eigenvalue weighted by Gasteiger charge is -2.48. The first kappa shape index (κ1) is 18.1. The zero-order valence-corrected chi connectivity index (χ0v) is 10.1. The number of rotatable bonds is 0. The van der Waals surface area contributed by atoms with Crippen LogP contribution in [0.4, 0.5) is 4.39 Å². The van der Waals surface area contributed by atoms with Crippen LogP contribution in [0.25, 0.3) is 0 Å². The summed E-state index contributed by atoms with van der Waals surface area (Å²) in [6.07, 6.45) is 5.58. The smallest absolute Gasteiger partial charge is 0.234 e. The summed E-state index contributed by atoms with van der Waals surface area (Å²) in [5, 5.41) is 0. The molecule has 0 aromatic rings. The number of hydrogen-bond donors (Lipinski definition) is 0. The number of hydrogen-bond acceptors (Lipinski definition) is 0. The van der Waals surface area contributed by atoms with E-state index < -0.39 is 6.30 Å². The van der Waals surface area contributed by atoms with Gasteiger partial charge >= 0.3 is 0 Å². The lowest BCUT2D eigenvalue weighted by atomic mass is 9.93. The quantitative estimate of drug-likeness (QED) is 0.428. The van der Waals surface area contributed by atoms with Crippen LogP contribution in [0.1, 0.15) is 39.0 Å². The van der Waals surface area contributed by atoms with E-state index in [0.29, 0.717) is 5.92 Å². The topological polar surface area (TPSA) is 94.5 Å². The molecule has 16 heavy (non-hydrogen) atoms. The average molecular weight is 240 g/mol. The number of halogens is 1. The van der Waals surface area contributed by atoms with Crippen LogP contribution >= 0.6 is 0 Å². The van der Waals surface area contributed by atoms with E-state index in [1.807, 2.05) is 0 Å². The Hall–Kier alpha value is -0.230. The Bertz CT molecular complexity index is 181. The molecular weight excluding hydrogens is 213 g/mol. The number of piperidine rings is 2. The zero-order chi connectivity index (χ0) is 9.31. The highest BCUT2D eigenvalue weighted by atomic mass is 19.1. The molecule has 2 rings (SSSR count). The molecule has 2 heterocycles. The molecule has 0 aromatic carbocycles. The summed E-state index contributed by atoms with van der Waals surface area (Å²) in [4.78, 5) is 0. The number of alkyl halides is 1. The molecule has 2 unspecified atom stereocenters. The van der Waals surface area contributed by atoms with Crippen LogP contribution in [-0.4, -0.2) is 46.8 Å². The summed E-state index contributed by atoms with van der Waals surface area (Å²) in [6, 6.07) is 0. The molecule has 2 aliphatic heterocycles. The second kappa shape index (κ2) is 7.17. The van der Waals surface area contributed by atoms with Crippen LogP contribution in [0.15, 0.2) is 0 Å². The summed E-state index contributed by atoms with van der Waals surface area (Å²) in [7, 11) is 0. The van der Waals surface area contributed by atoms with E-state index in [1.54, 1.807) is 0 Å². The minimum atomic E-state index is -0.561.